The van der Waals surface area contributed by atoms with Gasteiger partial charge in [-0.25, -0.2) is 9.37 Å². The smallest absolute Gasteiger partial charge is 0.194 e. The fourth-order valence-electron chi connectivity index (χ4n) is 3.30. The molecule has 0 atom stereocenters. The van der Waals surface area contributed by atoms with Crippen LogP contribution < -0.4 is 9.47 Å². The number of benzene rings is 2. The molecule has 0 aliphatic carbocycles. The second-order valence-corrected chi connectivity index (χ2v) is 7.93. The molecule has 4 rings (SSSR count). The summed E-state index contributed by atoms with van der Waals surface area (Å²) in [6.45, 7) is 4.20. The van der Waals surface area contributed by atoms with Crippen LogP contribution in [0.15, 0.2) is 54.0 Å². The van der Waals surface area contributed by atoms with Crippen LogP contribution >= 0.6 is 11.3 Å². The lowest BCUT2D eigenvalue weighted by Crippen LogP contribution is -2.19. The van der Waals surface area contributed by atoms with Gasteiger partial charge in [-0.2, -0.15) is 0 Å². The van der Waals surface area contributed by atoms with Crippen molar-refractivity contribution in [1.82, 2.24) is 9.38 Å². The molecule has 2 aromatic heterocycles. The third kappa shape index (κ3) is 3.03. The number of aromatic nitrogens is 2. The molecule has 0 saturated heterocycles. The number of fused-ring (bicyclic) bond motifs is 1. The first-order chi connectivity index (χ1) is 13.4. The van der Waals surface area contributed by atoms with Crippen molar-refractivity contribution in [3.05, 3.63) is 71.1 Å². The summed E-state index contributed by atoms with van der Waals surface area (Å²) < 4.78 is 26.3. The monoisotopic (exact) mass is 396 g/mol. The number of methoxy groups -OCH3 is 2. The van der Waals surface area contributed by atoms with E-state index in [1.165, 1.54) is 12.1 Å². The van der Waals surface area contributed by atoms with Gasteiger partial charge in [0.1, 0.15) is 17.3 Å². The number of nitrogens with zero attached hydrogens (tertiary/aromatic N) is 2. The normalized spacial score (nSPS) is 11.8. The number of rotatable bonds is 5. The number of ether oxygens (including phenoxy) is 2. The van der Waals surface area contributed by atoms with Crippen molar-refractivity contribution in [2.24, 2.45) is 0 Å². The van der Waals surface area contributed by atoms with Gasteiger partial charge >= 0.3 is 0 Å². The second kappa shape index (κ2) is 6.95. The lowest BCUT2D eigenvalue weighted by molar-refractivity contribution is 0.395. The van der Waals surface area contributed by atoms with E-state index in [9.17, 15) is 4.39 Å². The van der Waals surface area contributed by atoms with E-state index >= 15 is 0 Å². The Morgan fingerprint density at radius 1 is 1.04 bits per heavy atom. The molecule has 2 aromatic carbocycles. The van der Waals surface area contributed by atoms with Crippen LogP contribution in [-0.4, -0.2) is 23.6 Å². The van der Waals surface area contributed by atoms with E-state index in [1.807, 2.05) is 36.5 Å². The molecule has 28 heavy (non-hydrogen) atoms. The van der Waals surface area contributed by atoms with Gasteiger partial charge < -0.3 is 9.47 Å². The van der Waals surface area contributed by atoms with Gasteiger partial charge in [-0.3, -0.25) is 4.40 Å². The molecule has 0 fully saturated rings. The maximum absolute atomic E-state index is 13.3. The van der Waals surface area contributed by atoms with Crippen LogP contribution in [0.4, 0.5) is 4.39 Å². The summed E-state index contributed by atoms with van der Waals surface area (Å²) >= 11 is 1.58. The first kappa shape index (κ1) is 18.5. The number of imidazole rings is 1. The van der Waals surface area contributed by atoms with E-state index in [2.05, 4.69) is 23.6 Å². The predicted octanol–water partition coefficient (Wildman–Crippen LogP) is 5.55. The maximum atomic E-state index is 13.3. The third-order valence-corrected chi connectivity index (χ3v) is 5.94. The first-order valence-corrected chi connectivity index (χ1v) is 9.77. The molecule has 0 spiro atoms. The Bertz CT molecular complexity index is 1130. The van der Waals surface area contributed by atoms with Gasteiger partial charge in [-0.05, 0) is 29.8 Å². The zero-order valence-electron chi connectivity index (χ0n) is 16.2. The molecule has 144 valence electrons. The van der Waals surface area contributed by atoms with Crippen LogP contribution in [0.5, 0.6) is 11.5 Å². The predicted molar refractivity (Wildman–Crippen MR) is 110 cm³/mol. The molecule has 0 aliphatic heterocycles. The highest BCUT2D eigenvalue weighted by molar-refractivity contribution is 7.15. The van der Waals surface area contributed by atoms with Crippen molar-refractivity contribution >= 4 is 16.3 Å². The Balaban J connectivity index is 1.80. The standard InChI is InChI=1S/C22H21FN2O2S/c1-22(2,14-5-7-15(23)8-6-14)20-12-25-18(13-28-21(25)24-20)17-10-9-16(26-3)11-19(17)27-4/h5-13H,1-4H3. The molecule has 4 nitrogen and oxygen atoms in total. The van der Waals surface area contributed by atoms with Gasteiger partial charge in [0.05, 0.1) is 25.6 Å². The minimum atomic E-state index is -0.347. The number of hydrogen-bond acceptors (Lipinski definition) is 4. The SMILES string of the molecule is COc1ccc(-c2csc3nc(C(C)(C)c4ccc(F)cc4)cn23)c(OC)c1. The summed E-state index contributed by atoms with van der Waals surface area (Å²) in [6, 6.07) is 12.4. The summed E-state index contributed by atoms with van der Waals surface area (Å²) in [5.74, 6) is 1.25. The number of hydrogen-bond donors (Lipinski definition) is 0. The Hall–Kier alpha value is -2.86. The molecule has 0 aliphatic rings. The van der Waals surface area contributed by atoms with Crippen LogP contribution in [-0.2, 0) is 5.41 Å². The van der Waals surface area contributed by atoms with Crippen molar-refractivity contribution in [1.29, 1.82) is 0 Å². The topological polar surface area (TPSA) is 35.8 Å². The minimum Gasteiger partial charge on any atom is -0.497 e. The molecule has 2 heterocycles. The summed E-state index contributed by atoms with van der Waals surface area (Å²) in [5.41, 5.74) is 3.58. The highest BCUT2D eigenvalue weighted by atomic mass is 32.1. The summed E-state index contributed by atoms with van der Waals surface area (Å²) in [7, 11) is 3.29. The van der Waals surface area contributed by atoms with Gasteiger partial charge in [0.15, 0.2) is 4.96 Å². The quantitative estimate of drug-likeness (QED) is 0.444. The van der Waals surface area contributed by atoms with Crippen molar-refractivity contribution in [3.8, 4) is 22.8 Å². The van der Waals surface area contributed by atoms with Crippen molar-refractivity contribution in [2.75, 3.05) is 14.2 Å². The fourth-order valence-corrected chi connectivity index (χ4v) is 4.18. The molecular weight excluding hydrogens is 375 g/mol. The molecule has 0 N–H and O–H groups in total. The van der Waals surface area contributed by atoms with E-state index in [4.69, 9.17) is 14.5 Å². The Morgan fingerprint density at radius 3 is 2.46 bits per heavy atom. The molecule has 0 radical (unpaired) electrons. The largest absolute Gasteiger partial charge is 0.497 e. The minimum absolute atomic E-state index is 0.237. The lowest BCUT2D eigenvalue weighted by atomic mass is 9.82. The fraction of sp³-hybridized carbons (Fsp3) is 0.227. The van der Waals surface area contributed by atoms with E-state index in [1.54, 1.807) is 25.6 Å². The van der Waals surface area contributed by atoms with Crippen molar-refractivity contribution in [3.63, 3.8) is 0 Å². The lowest BCUT2D eigenvalue weighted by Gasteiger charge is -2.23. The molecule has 6 heteroatoms. The third-order valence-electron chi connectivity index (χ3n) is 5.10. The second-order valence-electron chi connectivity index (χ2n) is 7.10. The Morgan fingerprint density at radius 2 is 1.79 bits per heavy atom. The van der Waals surface area contributed by atoms with E-state index in [0.717, 1.165) is 39.0 Å². The average molecular weight is 396 g/mol. The van der Waals surface area contributed by atoms with Gasteiger partial charge in [-0.15, -0.1) is 11.3 Å². The molecule has 0 unspecified atom stereocenters. The highest BCUT2D eigenvalue weighted by Gasteiger charge is 2.27. The van der Waals surface area contributed by atoms with Gasteiger partial charge in [0, 0.05) is 28.6 Å². The van der Waals surface area contributed by atoms with Crippen LogP contribution in [0.25, 0.3) is 16.2 Å². The summed E-state index contributed by atoms with van der Waals surface area (Å²) in [5, 5.41) is 2.07. The Kier molecular flexibility index (Phi) is 4.59. The van der Waals surface area contributed by atoms with E-state index in [-0.39, 0.29) is 11.2 Å². The Labute approximate surface area is 167 Å². The number of halogens is 1. The van der Waals surface area contributed by atoms with Crippen molar-refractivity contribution < 1.29 is 13.9 Å². The number of thiazole rings is 1. The van der Waals surface area contributed by atoms with Crippen molar-refractivity contribution in [2.45, 2.75) is 19.3 Å². The molecule has 4 aromatic rings. The zero-order valence-corrected chi connectivity index (χ0v) is 17.0. The van der Waals surface area contributed by atoms with E-state index < -0.39 is 0 Å². The molecule has 0 bridgehead atoms. The average Bonchev–Trinajstić information content (AvgIpc) is 3.29. The molecular formula is C22H21FN2O2S. The summed E-state index contributed by atoms with van der Waals surface area (Å²) in [4.78, 5) is 5.74. The van der Waals surface area contributed by atoms with Gasteiger partial charge in [0.25, 0.3) is 0 Å². The van der Waals surface area contributed by atoms with Crippen LogP contribution in [0, 0.1) is 5.82 Å². The van der Waals surface area contributed by atoms with Gasteiger partial charge in [-0.1, -0.05) is 26.0 Å². The summed E-state index contributed by atoms with van der Waals surface area (Å²) in [6.07, 6.45) is 2.05. The maximum Gasteiger partial charge on any atom is 0.194 e. The van der Waals surface area contributed by atoms with Crippen LogP contribution in [0.1, 0.15) is 25.1 Å². The highest BCUT2D eigenvalue weighted by Crippen LogP contribution is 2.38. The molecule has 0 amide bonds. The van der Waals surface area contributed by atoms with E-state index in [0.29, 0.717) is 0 Å². The van der Waals surface area contributed by atoms with Crippen LogP contribution in [0.3, 0.4) is 0 Å². The zero-order chi connectivity index (χ0) is 19.9. The first-order valence-electron chi connectivity index (χ1n) is 8.89. The van der Waals surface area contributed by atoms with Gasteiger partial charge in [0.2, 0.25) is 0 Å². The molecule has 0 saturated carbocycles. The van der Waals surface area contributed by atoms with Crippen LogP contribution in [0.2, 0.25) is 0 Å².